The molecule has 1 heterocycles. The second-order valence-corrected chi connectivity index (χ2v) is 14.3. The molecule has 280 valence electrons. The molecule has 6 rings (SSSR count). The summed E-state index contributed by atoms with van der Waals surface area (Å²) < 4.78 is 5.12. The third kappa shape index (κ3) is 9.45. The van der Waals surface area contributed by atoms with Gasteiger partial charge >= 0.3 is 5.97 Å². The molecule has 3 amide bonds. The van der Waals surface area contributed by atoms with Crippen LogP contribution in [0.1, 0.15) is 42.7 Å². The van der Waals surface area contributed by atoms with Gasteiger partial charge in [-0.3, -0.25) is 24.5 Å². The van der Waals surface area contributed by atoms with E-state index >= 15 is 0 Å². The van der Waals surface area contributed by atoms with Gasteiger partial charge in [-0.25, -0.2) is 4.79 Å². The fourth-order valence-electron chi connectivity index (χ4n) is 5.63. The van der Waals surface area contributed by atoms with Crippen LogP contribution in [0.15, 0.2) is 149 Å². The van der Waals surface area contributed by atoms with E-state index in [1.807, 2.05) is 66.9 Å². The zero-order valence-electron chi connectivity index (χ0n) is 30.1. The monoisotopic (exact) mass is 782 g/mol. The van der Waals surface area contributed by atoms with Crippen LogP contribution in [0.2, 0.25) is 0 Å². The highest BCUT2D eigenvalue weighted by Crippen LogP contribution is 2.40. The van der Waals surface area contributed by atoms with E-state index in [0.29, 0.717) is 26.7 Å². The lowest BCUT2D eigenvalue weighted by atomic mass is 10.0. The molecule has 56 heavy (non-hydrogen) atoms. The molecule has 1 atom stereocenters. The van der Waals surface area contributed by atoms with Gasteiger partial charge in [0.1, 0.15) is 21.5 Å². The van der Waals surface area contributed by atoms with Crippen molar-refractivity contribution in [1.29, 1.82) is 0 Å². The molecular weight excluding hydrogens is 749 g/mol. The maximum absolute atomic E-state index is 14.1. The van der Waals surface area contributed by atoms with E-state index in [1.54, 1.807) is 60.7 Å². The predicted molar refractivity (Wildman–Crippen MR) is 220 cm³/mol. The van der Waals surface area contributed by atoms with Gasteiger partial charge in [0, 0.05) is 33.2 Å². The number of carbonyl (C=O) groups is 4. The number of para-hydroxylation sites is 1. The minimum atomic E-state index is -0.795. The molecule has 5 aromatic carbocycles. The van der Waals surface area contributed by atoms with Crippen molar-refractivity contribution in [2.24, 2.45) is 0 Å². The van der Waals surface area contributed by atoms with Crippen molar-refractivity contribution in [2.75, 3.05) is 17.7 Å². The number of benzene rings is 5. The summed E-state index contributed by atoms with van der Waals surface area (Å²) in [7, 11) is 1.29. The lowest BCUT2D eigenvalue weighted by molar-refractivity contribution is -0.385. The van der Waals surface area contributed by atoms with E-state index in [4.69, 9.17) is 4.74 Å². The molecule has 0 aliphatic carbocycles. The Labute approximate surface area is 330 Å². The molecule has 0 spiro atoms. The largest absolute Gasteiger partial charge is 0.465 e. The maximum atomic E-state index is 14.1. The van der Waals surface area contributed by atoms with Crippen LogP contribution >= 0.6 is 23.1 Å². The van der Waals surface area contributed by atoms with Gasteiger partial charge in [0.15, 0.2) is 0 Å². The van der Waals surface area contributed by atoms with Crippen molar-refractivity contribution in [3.05, 3.63) is 182 Å². The number of methoxy groups -OCH3 is 1. The third-order valence-corrected chi connectivity index (χ3v) is 10.6. The number of hydrogen-bond donors (Lipinski definition) is 3. The SMILES string of the molecule is COC(=O)c1c(-c2ccc(C)cc2)csc1NC(=O)C(Sc1cccc(NC(=O)/C(=C\c2ccccc2[N+](=O)[O-])NC(=O)c2ccccc2)c1)c1ccccc1. The van der Waals surface area contributed by atoms with Crippen molar-refractivity contribution in [2.45, 2.75) is 17.1 Å². The number of thiophene rings is 1. The zero-order chi connectivity index (χ0) is 39.6. The van der Waals surface area contributed by atoms with Crippen LogP contribution in [0.4, 0.5) is 16.4 Å². The van der Waals surface area contributed by atoms with Crippen molar-refractivity contribution in [3.63, 3.8) is 0 Å². The van der Waals surface area contributed by atoms with Gasteiger partial charge in [-0.15, -0.1) is 23.1 Å². The fourth-order valence-corrected chi connectivity index (χ4v) is 7.68. The Bertz CT molecular complexity index is 2430. The topological polar surface area (TPSA) is 157 Å². The van der Waals surface area contributed by atoms with Crippen molar-refractivity contribution < 1.29 is 28.8 Å². The molecule has 11 nitrogen and oxygen atoms in total. The number of nitrogens with one attached hydrogen (secondary N) is 3. The summed E-state index contributed by atoms with van der Waals surface area (Å²) >= 11 is 2.45. The Hall–Kier alpha value is -6.83. The van der Waals surface area contributed by atoms with Crippen LogP contribution in [-0.2, 0) is 14.3 Å². The average Bonchev–Trinajstić information content (AvgIpc) is 3.63. The van der Waals surface area contributed by atoms with E-state index in [-0.39, 0.29) is 28.1 Å². The highest BCUT2D eigenvalue weighted by Gasteiger charge is 2.27. The molecule has 0 saturated carbocycles. The number of aryl methyl sites for hydroxylation is 1. The molecule has 0 fully saturated rings. The van der Waals surface area contributed by atoms with Gasteiger partial charge in [0.05, 0.1) is 17.6 Å². The number of nitro groups is 1. The van der Waals surface area contributed by atoms with E-state index in [1.165, 1.54) is 54.5 Å². The number of nitrogens with zero attached hydrogens (tertiary/aromatic N) is 1. The number of rotatable bonds is 13. The Balaban J connectivity index is 1.27. The van der Waals surface area contributed by atoms with Crippen LogP contribution in [0.25, 0.3) is 17.2 Å². The van der Waals surface area contributed by atoms with Crippen LogP contribution < -0.4 is 16.0 Å². The number of hydrogen-bond acceptors (Lipinski definition) is 9. The zero-order valence-corrected chi connectivity index (χ0v) is 31.7. The Morgan fingerprint density at radius 1 is 0.821 bits per heavy atom. The number of nitro benzene ring substituents is 1. The van der Waals surface area contributed by atoms with E-state index in [0.717, 1.165) is 11.1 Å². The quantitative estimate of drug-likeness (QED) is 0.0344. The van der Waals surface area contributed by atoms with Crippen LogP contribution in [0.5, 0.6) is 0 Å². The first-order chi connectivity index (χ1) is 27.1. The Morgan fingerprint density at radius 2 is 1.50 bits per heavy atom. The average molecular weight is 783 g/mol. The highest BCUT2D eigenvalue weighted by atomic mass is 32.2. The lowest BCUT2D eigenvalue weighted by Crippen LogP contribution is -2.30. The van der Waals surface area contributed by atoms with Crippen molar-refractivity contribution >= 4 is 69.2 Å². The first-order valence-electron chi connectivity index (χ1n) is 17.1. The van der Waals surface area contributed by atoms with Crippen molar-refractivity contribution in [3.8, 4) is 11.1 Å². The number of amides is 3. The molecule has 1 aromatic heterocycles. The normalized spacial score (nSPS) is 11.6. The molecule has 0 radical (unpaired) electrons. The van der Waals surface area contributed by atoms with E-state index in [9.17, 15) is 29.3 Å². The molecule has 3 N–H and O–H groups in total. The van der Waals surface area contributed by atoms with Gasteiger partial charge in [-0.2, -0.15) is 0 Å². The molecule has 0 saturated heterocycles. The first-order valence-corrected chi connectivity index (χ1v) is 18.9. The predicted octanol–water partition coefficient (Wildman–Crippen LogP) is 9.30. The van der Waals surface area contributed by atoms with Gasteiger partial charge in [-0.1, -0.05) is 96.6 Å². The van der Waals surface area contributed by atoms with Crippen molar-refractivity contribution in [1.82, 2.24) is 5.32 Å². The van der Waals surface area contributed by atoms with Crippen LogP contribution in [0, 0.1) is 17.0 Å². The first kappa shape index (κ1) is 38.9. The lowest BCUT2D eigenvalue weighted by Gasteiger charge is -2.18. The van der Waals surface area contributed by atoms with Crippen LogP contribution in [0.3, 0.4) is 0 Å². The number of esters is 1. The minimum Gasteiger partial charge on any atom is -0.465 e. The smallest absolute Gasteiger partial charge is 0.341 e. The summed E-state index contributed by atoms with van der Waals surface area (Å²) in [6.07, 6.45) is 1.25. The summed E-state index contributed by atoms with van der Waals surface area (Å²) in [6, 6.07) is 37.8. The molecule has 6 aromatic rings. The van der Waals surface area contributed by atoms with Gasteiger partial charge in [0.2, 0.25) is 5.91 Å². The second-order valence-electron chi connectivity index (χ2n) is 12.3. The molecular formula is C43H34N4O7S2. The molecule has 0 bridgehead atoms. The highest BCUT2D eigenvalue weighted by molar-refractivity contribution is 8.00. The maximum Gasteiger partial charge on any atom is 0.341 e. The fraction of sp³-hybridized carbons (Fsp3) is 0.0698. The number of anilines is 2. The Morgan fingerprint density at radius 3 is 2.20 bits per heavy atom. The van der Waals surface area contributed by atoms with Crippen LogP contribution in [-0.4, -0.2) is 35.7 Å². The van der Waals surface area contributed by atoms with E-state index in [2.05, 4.69) is 16.0 Å². The molecule has 1 unspecified atom stereocenters. The Kier molecular flexibility index (Phi) is 12.5. The summed E-state index contributed by atoms with van der Waals surface area (Å²) in [4.78, 5) is 66.0. The number of ether oxygens (including phenoxy) is 1. The number of carbonyl (C=O) groups excluding carboxylic acids is 4. The van der Waals surface area contributed by atoms with Gasteiger partial charge < -0.3 is 20.7 Å². The second kappa shape index (κ2) is 18.0. The summed E-state index contributed by atoms with van der Waals surface area (Å²) in [5, 5.41) is 21.5. The molecule has 0 aliphatic rings. The third-order valence-electron chi connectivity index (χ3n) is 8.43. The standard InChI is InChI=1S/C43H34N4O7S2/c1-27-20-22-28(23-21-27)34-26-55-42(37(34)43(51)54-2)46-41(50)38(29-12-5-3-6-13-29)56-33-18-11-17-32(25-33)44-40(49)35(45-39(48)30-14-7-4-8-15-30)24-31-16-9-10-19-36(31)47(52)53/h3-26,38H,1-2H3,(H,44,49)(H,45,48)(H,46,50)/b35-24+. The summed E-state index contributed by atoms with van der Waals surface area (Å²) in [5.41, 5.74) is 3.71. The van der Waals surface area contributed by atoms with E-state index < -0.39 is 33.9 Å². The van der Waals surface area contributed by atoms with Gasteiger partial charge in [-0.05, 0) is 60.5 Å². The molecule has 0 aliphatic heterocycles. The van der Waals surface area contributed by atoms with Gasteiger partial charge in [0.25, 0.3) is 17.5 Å². The minimum absolute atomic E-state index is 0.115. The molecule has 13 heteroatoms. The summed E-state index contributed by atoms with van der Waals surface area (Å²) in [6.45, 7) is 1.97. The number of thioether (sulfide) groups is 1. The summed E-state index contributed by atoms with van der Waals surface area (Å²) in [5.74, 6) is -2.29.